The predicted octanol–water partition coefficient (Wildman–Crippen LogP) is 1.03. The van der Waals surface area contributed by atoms with Gasteiger partial charge in [0.15, 0.2) is 11.5 Å². The lowest BCUT2D eigenvalue weighted by Gasteiger charge is -2.21. The number of amides is 1. The van der Waals surface area contributed by atoms with Gasteiger partial charge < -0.3 is 20.8 Å². The summed E-state index contributed by atoms with van der Waals surface area (Å²) in [5, 5.41) is 18.7. The Morgan fingerprint density at radius 3 is 2.71 bits per heavy atom. The van der Waals surface area contributed by atoms with Gasteiger partial charge in [0.1, 0.15) is 0 Å². The van der Waals surface area contributed by atoms with E-state index in [-0.39, 0.29) is 23.8 Å². The molecule has 0 spiro atoms. The first-order valence-electron chi connectivity index (χ1n) is 6.43. The highest BCUT2D eigenvalue weighted by atomic mass is 16.3. The van der Waals surface area contributed by atoms with Crippen LogP contribution in [0, 0.1) is 0 Å². The van der Waals surface area contributed by atoms with Gasteiger partial charge in [-0.25, -0.2) is 0 Å². The van der Waals surface area contributed by atoms with Gasteiger partial charge in [0, 0.05) is 13.2 Å². The van der Waals surface area contributed by atoms with Crippen molar-refractivity contribution in [2.45, 2.75) is 12.5 Å². The molecule has 1 amide bonds. The van der Waals surface area contributed by atoms with E-state index in [1.807, 2.05) is 0 Å². The van der Waals surface area contributed by atoms with Gasteiger partial charge in [-0.3, -0.25) is 9.78 Å². The molecule has 4 N–H and O–H groups in total. The Labute approximate surface area is 122 Å². The number of anilines is 1. The van der Waals surface area contributed by atoms with Crippen LogP contribution in [0.2, 0.25) is 0 Å². The number of phenolic OH excluding ortho intramolecular Hbond substituents is 2. The summed E-state index contributed by atoms with van der Waals surface area (Å²) in [6.45, 7) is 0. The molecule has 0 unspecified atom stereocenters. The highest BCUT2D eigenvalue weighted by Gasteiger charge is 2.20. The van der Waals surface area contributed by atoms with E-state index in [9.17, 15) is 15.0 Å². The summed E-state index contributed by atoms with van der Waals surface area (Å²) in [5.41, 5.74) is 7.25. The van der Waals surface area contributed by atoms with Crippen molar-refractivity contribution in [2.75, 3.05) is 11.9 Å². The maximum absolute atomic E-state index is 12.3. The van der Waals surface area contributed by atoms with Gasteiger partial charge in [0.2, 0.25) is 5.91 Å². The van der Waals surface area contributed by atoms with Crippen molar-refractivity contribution in [3.05, 3.63) is 48.3 Å². The molecule has 21 heavy (non-hydrogen) atoms. The summed E-state index contributed by atoms with van der Waals surface area (Å²) in [4.78, 5) is 17.7. The Bertz CT molecular complexity index is 631. The van der Waals surface area contributed by atoms with E-state index in [2.05, 4.69) is 4.98 Å². The fraction of sp³-hybridized carbons (Fsp3) is 0.200. The first kappa shape index (κ1) is 14.8. The summed E-state index contributed by atoms with van der Waals surface area (Å²) in [7, 11) is 1.63. The van der Waals surface area contributed by atoms with Gasteiger partial charge in [0.25, 0.3) is 0 Å². The Hall–Kier alpha value is -2.60. The van der Waals surface area contributed by atoms with E-state index in [4.69, 9.17) is 5.73 Å². The van der Waals surface area contributed by atoms with Gasteiger partial charge in [-0.2, -0.15) is 0 Å². The van der Waals surface area contributed by atoms with E-state index in [0.29, 0.717) is 11.3 Å². The average Bonchev–Trinajstić information content (AvgIpc) is 2.50. The van der Waals surface area contributed by atoms with Crippen LogP contribution in [-0.4, -0.2) is 34.2 Å². The number of carbonyl (C=O) groups is 1. The molecule has 0 aliphatic heterocycles. The van der Waals surface area contributed by atoms with E-state index in [1.165, 1.54) is 17.0 Å². The molecule has 0 saturated carbocycles. The second-order valence-corrected chi connectivity index (χ2v) is 4.74. The normalized spacial score (nSPS) is 11.9. The minimum absolute atomic E-state index is 0.203. The predicted molar refractivity (Wildman–Crippen MR) is 79.1 cm³/mol. The van der Waals surface area contributed by atoms with Crippen LogP contribution < -0.4 is 10.6 Å². The molecule has 110 valence electrons. The quantitative estimate of drug-likeness (QED) is 0.729. The molecule has 6 heteroatoms. The summed E-state index contributed by atoms with van der Waals surface area (Å²) < 4.78 is 0. The van der Waals surface area contributed by atoms with Gasteiger partial charge in [0.05, 0.1) is 17.9 Å². The van der Waals surface area contributed by atoms with E-state index < -0.39 is 6.04 Å². The van der Waals surface area contributed by atoms with Gasteiger partial charge in [-0.15, -0.1) is 0 Å². The van der Waals surface area contributed by atoms with E-state index in [0.717, 1.165) is 0 Å². The number of nitrogens with two attached hydrogens (primary N) is 1. The fourth-order valence-corrected chi connectivity index (χ4v) is 1.97. The van der Waals surface area contributed by atoms with Gasteiger partial charge in [-0.1, -0.05) is 6.07 Å². The third kappa shape index (κ3) is 3.49. The Morgan fingerprint density at radius 2 is 2.10 bits per heavy atom. The zero-order valence-corrected chi connectivity index (χ0v) is 11.6. The number of likely N-dealkylation sites (N-methyl/N-ethyl adjacent to an activating group) is 1. The molecule has 1 atom stereocenters. The lowest BCUT2D eigenvalue weighted by atomic mass is 10.0. The van der Waals surface area contributed by atoms with Crippen LogP contribution in [0.1, 0.15) is 5.56 Å². The van der Waals surface area contributed by atoms with Crippen molar-refractivity contribution in [1.29, 1.82) is 0 Å². The molecule has 0 radical (unpaired) electrons. The molecular weight excluding hydrogens is 270 g/mol. The molecule has 2 aromatic rings. The summed E-state index contributed by atoms with van der Waals surface area (Å²) >= 11 is 0. The summed E-state index contributed by atoms with van der Waals surface area (Å²) in [6, 6.07) is 7.14. The molecule has 0 aliphatic carbocycles. The average molecular weight is 287 g/mol. The number of hydrogen-bond acceptors (Lipinski definition) is 5. The van der Waals surface area contributed by atoms with E-state index in [1.54, 1.807) is 37.6 Å². The van der Waals surface area contributed by atoms with Crippen molar-refractivity contribution in [3.63, 3.8) is 0 Å². The zero-order valence-electron chi connectivity index (χ0n) is 11.6. The second-order valence-electron chi connectivity index (χ2n) is 4.74. The van der Waals surface area contributed by atoms with Crippen LogP contribution in [0.15, 0.2) is 42.7 Å². The third-order valence-electron chi connectivity index (χ3n) is 3.18. The molecule has 2 rings (SSSR count). The Kier molecular flexibility index (Phi) is 4.39. The molecule has 0 fully saturated rings. The SMILES string of the molecule is CN(C(=O)[C@@H](N)Cc1ccc(O)c(O)c1)c1cccnc1. The lowest BCUT2D eigenvalue weighted by Crippen LogP contribution is -2.43. The molecule has 0 aliphatic rings. The van der Waals surface area contributed by atoms with Crippen LogP contribution >= 0.6 is 0 Å². The maximum atomic E-state index is 12.3. The largest absolute Gasteiger partial charge is 0.504 e. The number of hydrogen-bond donors (Lipinski definition) is 3. The molecule has 6 nitrogen and oxygen atoms in total. The lowest BCUT2D eigenvalue weighted by molar-refractivity contribution is -0.119. The van der Waals surface area contributed by atoms with Crippen molar-refractivity contribution in [1.82, 2.24) is 4.98 Å². The Balaban J connectivity index is 2.07. The molecule has 0 saturated heterocycles. The minimum Gasteiger partial charge on any atom is -0.504 e. The number of nitrogens with zero attached hydrogens (tertiary/aromatic N) is 2. The van der Waals surface area contributed by atoms with Crippen LogP contribution in [0.4, 0.5) is 5.69 Å². The molecular formula is C15H17N3O3. The molecule has 1 aromatic carbocycles. The van der Waals surface area contributed by atoms with Crippen molar-refractivity contribution < 1.29 is 15.0 Å². The van der Waals surface area contributed by atoms with Gasteiger partial charge in [-0.05, 0) is 36.2 Å². The standard InChI is InChI=1S/C15H17N3O3/c1-18(11-3-2-6-17-9-11)15(21)12(16)7-10-4-5-13(19)14(20)8-10/h2-6,8-9,12,19-20H,7,16H2,1H3/t12-/m0/s1. The van der Waals surface area contributed by atoms with E-state index >= 15 is 0 Å². The van der Waals surface area contributed by atoms with Crippen LogP contribution in [0.25, 0.3) is 0 Å². The van der Waals surface area contributed by atoms with Crippen molar-refractivity contribution in [2.24, 2.45) is 5.73 Å². The molecule has 0 bridgehead atoms. The number of aromatic nitrogens is 1. The van der Waals surface area contributed by atoms with Crippen molar-refractivity contribution in [3.8, 4) is 11.5 Å². The second kappa shape index (κ2) is 6.23. The molecule has 1 heterocycles. The molecule has 1 aromatic heterocycles. The number of benzene rings is 1. The summed E-state index contributed by atoms with van der Waals surface area (Å²) in [6.07, 6.45) is 3.47. The number of aromatic hydroxyl groups is 2. The minimum atomic E-state index is -0.751. The highest BCUT2D eigenvalue weighted by molar-refractivity contribution is 5.96. The first-order valence-corrected chi connectivity index (χ1v) is 6.43. The monoisotopic (exact) mass is 287 g/mol. The third-order valence-corrected chi connectivity index (χ3v) is 3.18. The van der Waals surface area contributed by atoms with Crippen LogP contribution in [-0.2, 0) is 11.2 Å². The zero-order chi connectivity index (χ0) is 15.4. The van der Waals surface area contributed by atoms with Crippen LogP contribution in [0.5, 0.6) is 11.5 Å². The number of carbonyl (C=O) groups excluding carboxylic acids is 1. The highest BCUT2D eigenvalue weighted by Crippen LogP contribution is 2.25. The Morgan fingerprint density at radius 1 is 1.33 bits per heavy atom. The number of rotatable bonds is 4. The maximum Gasteiger partial charge on any atom is 0.244 e. The van der Waals surface area contributed by atoms with Crippen molar-refractivity contribution >= 4 is 11.6 Å². The smallest absolute Gasteiger partial charge is 0.244 e. The first-order chi connectivity index (χ1) is 9.99. The number of pyridine rings is 1. The van der Waals surface area contributed by atoms with Gasteiger partial charge >= 0.3 is 0 Å². The number of phenols is 2. The fourth-order valence-electron chi connectivity index (χ4n) is 1.97. The summed E-state index contributed by atoms with van der Waals surface area (Å²) in [5.74, 6) is -0.686. The topological polar surface area (TPSA) is 99.7 Å². The van der Waals surface area contributed by atoms with Crippen LogP contribution in [0.3, 0.4) is 0 Å².